The van der Waals surface area contributed by atoms with Crippen LogP contribution in [0.2, 0.25) is 0 Å². The number of benzene rings is 1. The molecule has 18 heavy (non-hydrogen) atoms. The summed E-state index contributed by atoms with van der Waals surface area (Å²) in [6.45, 7) is 7.45. The summed E-state index contributed by atoms with van der Waals surface area (Å²) in [5.41, 5.74) is 2.38. The Hall–Kier alpha value is -1.06. The van der Waals surface area contributed by atoms with Crippen molar-refractivity contribution in [2.45, 2.75) is 32.8 Å². The summed E-state index contributed by atoms with van der Waals surface area (Å²) in [6.07, 6.45) is 2.11. The van der Waals surface area contributed by atoms with E-state index in [2.05, 4.69) is 24.8 Å². The molecular weight excluding hydrogens is 226 g/mol. The minimum atomic E-state index is -0.400. The molecule has 3 nitrogen and oxygen atoms in total. The number of nitrogens with zero attached hydrogens (tertiary/aromatic N) is 1. The zero-order chi connectivity index (χ0) is 13.0. The molecule has 1 aliphatic heterocycles. The van der Waals surface area contributed by atoms with Crippen molar-refractivity contribution in [3.63, 3.8) is 0 Å². The van der Waals surface area contributed by atoms with E-state index >= 15 is 0 Å². The van der Waals surface area contributed by atoms with E-state index in [9.17, 15) is 5.11 Å². The third kappa shape index (κ3) is 3.47. The molecule has 1 saturated heterocycles. The van der Waals surface area contributed by atoms with E-state index in [0.717, 1.165) is 30.9 Å². The standard InChI is InChI=1S/C15H23NO2/c1-12-6-5-7-15(13(12)2)18-11-14(17)10-16-8-3-4-9-16/h5-7,14,17H,3-4,8-11H2,1-2H3/t14-/m1/s1. The van der Waals surface area contributed by atoms with Crippen LogP contribution in [0.1, 0.15) is 24.0 Å². The van der Waals surface area contributed by atoms with Crippen LogP contribution in [0.25, 0.3) is 0 Å². The first-order chi connectivity index (χ1) is 8.66. The van der Waals surface area contributed by atoms with Gasteiger partial charge in [0.2, 0.25) is 0 Å². The molecule has 0 bridgehead atoms. The maximum Gasteiger partial charge on any atom is 0.122 e. The van der Waals surface area contributed by atoms with Crippen LogP contribution >= 0.6 is 0 Å². The number of hydrogen-bond acceptors (Lipinski definition) is 3. The summed E-state index contributed by atoms with van der Waals surface area (Å²) >= 11 is 0. The molecule has 0 aromatic heterocycles. The summed E-state index contributed by atoms with van der Waals surface area (Å²) in [5.74, 6) is 0.885. The Morgan fingerprint density at radius 2 is 2.00 bits per heavy atom. The molecule has 1 atom stereocenters. The van der Waals surface area contributed by atoms with Crippen molar-refractivity contribution < 1.29 is 9.84 Å². The van der Waals surface area contributed by atoms with Gasteiger partial charge in [-0.2, -0.15) is 0 Å². The molecular formula is C15H23NO2. The number of aryl methyl sites for hydroxylation is 1. The molecule has 100 valence electrons. The maximum atomic E-state index is 9.96. The lowest BCUT2D eigenvalue weighted by Crippen LogP contribution is -2.33. The SMILES string of the molecule is Cc1cccc(OC[C@H](O)CN2CCCC2)c1C. The number of ether oxygens (including phenoxy) is 1. The Bertz CT molecular complexity index is 386. The predicted molar refractivity (Wildman–Crippen MR) is 73.1 cm³/mol. The number of hydrogen-bond donors (Lipinski definition) is 1. The van der Waals surface area contributed by atoms with Gasteiger partial charge in [0, 0.05) is 6.54 Å². The lowest BCUT2D eigenvalue weighted by atomic mass is 10.1. The first kappa shape index (κ1) is 13.4. The van der Waals surface area contributed by atoms with Gasteiger partial charge in [-0.25, -0.2) is 0 Å². The van der Waals surface area contributed by atoms with E-state index in [1.165, 1.54) is 18.4 Å². The number of rotatable bonds is 5. The Balaban J connectivity index is 1.81. The van der Waals surface area contributed by atoms with Crippen LogP contribution in [-0.2, 0) is 0 Å². The molecule has 0 aliphatic carbocycles. The Labute approximate surface area is 109 Å². The summed E-state index contributed by atoms with van der Waals surface area (Å²) in [6, 6.07) is 6.03. The largest absolute Gasteiger partial charge is 0.491 e. The molecule has 0 radical (unpaired) electrons. The van der Waals surface area contributed by atoms with Crippen LogP contribution in [0.5, 0.6) is 5.75 Å². The molecule has 1 fully saturated rings. The quantitative estimate of drug-likeness (QED) is 0.868. The Morgan fingerprint density at radius 1 is 1.28 bits per heavy atom. The highest BCUT2D eigenvalue weighted by atomic mass is 16.5. The second kappa shape index (κ2) is 6.21. The third-order valence-corrected chi connectivity index (χ3v) is 3.65. The first-order valence-electron chi connectivity index (χ1n) is 6.76. The fourth-order valence-corrected chi connectivity index (χ4v) is 2.38. The van der Waals surface area contributed by atoms with Gasteiger partial charge in [0.05, 0.1) is 0 Å². The van der Waals surface area contributed by atoms with Crippen LogP contribution < -0.4 is 4.74 Å². The molecule has 0 amide bonds. The minimum absolute atomic E-state index is 0.376. The molecule has 1 heterocycles. The fraction of sp³-hybridized carbons (Fsp3) is 0.600. The maximum absolute atomic E-state index is 9.96. The second-order valence-corrected chi connectivity index (χ2v) is 5.17. The van der Waals surface area contributed by atoms with E-state index in [1.54, 1.807) is 0 Å². The van der Waals surface area contributed by atoms with Gasteiger partial charge in [0.25, 0.3) is 0 Å². The normalized spacial score (nSPS) is 17.9. The molecule has 1 aliphatic rings. The lowest BCUT2D eigenvalue weighted by Gasteiger charge is -2.20. The van der Waals surface area contributed by atoms with Gasteiger partial charge >= 0.3 is 0 Å². The van der Waals surface area contributed by atoms with Crippen molar-refractivity contribution in [2.75, 3.05) is 26.2 Å². The van der Waals surface area contributed by atoms with Crippen molar-refractivity contribution in [3.05, 3.63) is 29.3 Å². The lowest BCUT2D eigenvalue weighted by molar-refractivity contribution is 0.0755. The van der Waals surface area contributed by atoms with Crippen LogP contribution in [0, 0.1) is 13.8 Å². The Kier molecular flexibility index (Phi) is 4.61. The number of β-amino-alcohol motifs (C(OH)–C–C–N with tert-alkyl or cyclic N) is 1. The van der Waals surface area contributed by atoms with E-state index in [0.29, 0.717) is 6.61 Å². The molecule has 1 aromatic rings. The summed E-state index contributed by atoms with van der Waals surface area (Å²) < 4.78 is 5.71. The zero-order valence-electron chi connectivity index (χ0n) is 11.4. The number of likely N-dealkylation sites (tertiary alicyclic amines) is 1. The van der Waals surface area contributed by atoms with Gasteiger partial charge in [-0.1, -0.05) is 12.1 Å². The summed E-state index contributed by atoms with van der Waals surface area (Å²) in [4.78, 5) is 2.30. The van der Waals surface area contributed by atoms with Gasteiger partial charge < -0.3 is 14.7 Å². The van der Waals surface area contributed by atoms with E-state index < -0.39 is 6.10 Å². The number of aliphatic hydroxyl groups excluding tert-OH is 1. The molecule has 0 saturated carbocycles. The second-order valence-electron chi connectivity index (χ2n) is 5.17. The highest BCUT2D eigenvalue weighted by Crippen LogP contribution is 2.20. The van der Waals surface area contributed by atoms with Crippen molar-refractivity contribution in [3.8, 4) is 5.75 Å². The molecule has 0 unspecified atom stereocenters. The molecule has 2 rings (SSSR count). The average molecular weight is 249 g/mol. The van der Waals surface area contributed by atoms with Gasteiger partial charge in [-0.15, -0.1) is 0 Å². The highest BCUT2D eigenvalue weighted by Gasteiger charge is 2.16. The van der Waals surface area contributed by atoms with E-state index in [-0.39, 0.29) is 0 Å². The van der Waals surface area contributed by atoms with Crippen molar-refractivity contribution in [1.29, 1.82) is 0 Å². The molecule has 0 spiro atoms. The molecule has 1 N–H and O–H groups in total. The van der Waals surface area contributed by atoms with Crippen molar-refractivity contribution in [1.82, 2.24) is 4.90 Å². The third-order valence-electron chi connectivity index (χ3n) is 3.65. The van der Waals surface area contributed by atoms with E-state index in [4.69, 9.17) is 4.74 Å². The van der Waals surface area contributed by atoms with Crippen molar-refractivity contribution >= 4 is 0 Å². The first-order valence-corrected chi connectivity index (χ1v) is 6.76. The average Bonchev–Trinajstić information content (AvgIpc) is 2.84. The highest BCUT2D eigenvalue weighted by molar-refractivity contribution is 5.38. The van der Waals surface area contributed by atoms with Crippen LogP contribution in [0.3, 0.4) is 0 Å². The predicted octanol–water partition coefficient (Wildman–Crippen LogP) is 2.14. The topological polar surface area (TPSA) is 32.7 Å². The van der Waals surface area contributed by atoms with Crippen molar-refractivity contribution in [2.24, 2.45) is 0 Å². The summed E-state index contributed by atoms with van der Waals surface area (Å²) in [5, 5.41) is 9.96. The van der Waals surface area contributed by atoms with Gasteiger partial charge in [-0.05, 0) is 57.0 Å². The van der Waals surface area contributed by atoms with Crippen LogP contribution in [0.4, 0.5) is 0 Å². The molecule has 1 aromatic carbocycles. The van der Waals surface area contributed by atoms with E-state index in [1.807, 2.05) is 12.1 Å². The Morgan fingerprint density at radius 3 is 2.72 bits per heavy atom. The number of aliphatic hydroxyl groups is 1. The van der Waals surface area contributed by atoms with Gasteiger partial charge in [0.1, 0.15) is 18.5 Å². The molecule has 3 heteroatoms. The minimum Gasteiger partial charge on any atom is -0.491 e. The van der Waals surface area contributed by atoms with Crippen LogP contribution in [0.15, 0.2) is 18.2 Å². The van der Waals surface area contributed by atoms with Crippen LogP contribution in [-0.4, -0.2) is 42.4 Å². The smallest absolute Gasteiger partial charge is 0.122 e. The summed E-state index contributed by atoms with van der Waals surface area (Å²) in [7, 11) is 0. The van der Waals surface area contributed by atoms with Gasteiger partial charge in [-0.3, -0.25) is 0 Å². The fourth-order valence-electron chi connectivity index (χ4n) is 2.38. The monoisotopic (exact) mass is 249 g/mol. The zero-order valence-corrected chi connectivity index (χ0v) is 11.4. The van der Waals surface area contributed by atoms with Gasteiger partial charge in [0.15, 0.2) is 0 Å².